The van der Waals surface area contributed by atoms with Gasteiger partial charge in [-0.2, -0.15) is 0 Å². The van der Waals surface area contributed by atoms with Crippen LogP contribution in [0.3, 0.4) is 0 Å². The molecule has 0 spiro atoms. The van der Waals surface area contributed by atoms with Gasteiger partial charge in [0.25, 0.3) is 0 Å². The lowest BCUT2D eigenvalue weighted by atomic mass is 9.98. The highest BCUT2D eigenvalue weighted by molar-refractivity contribution is 5.84. The van der Waals surface area contributed by atoms with Crippen LogP contribution in [-0.2, 0) is 16.0 Å². The summed E-state index contributed by atoms with van der Waals surface area (Å²) in [5.41, 5.74) is 5.70. The third kappa shape index (κ3) is 4.01. The molecule has 0 aliphatic heterocycles. The number of nitrogens with zero attached hydrogens (tertiary/aromatic N) is 2. The predicted octanol–water partition coefficient (Wildman–Crippen LogP) is 4.16. The maximum atomic E-state index is 12.6. The van der Waals surface area contributed by atoms with Gasteiger partial charge in [-0.05, 0) is 28.3 Å². The number of ether oxygens (including phenoxy) is 1. The van der Waals surface area contributed by atoms with Crippen molar-refractivity contribution in [3.05, 3.63) is 95.9 Å². The zero-order valence-corrected chi connectivity index (χ0v) is 17.6. The van der Waals surface area contributed by atoms with E-state index in [-0.39, 0.29) is 18.9 Å². The number of para-hydroxylation sites is 1. The van der Waals surface area contributed by atoms with Crippen molar-refractivity contribution in [2.75, 3.05) is 6.61 Å². The second-order valence-corrected chi connectivity index (χ2v) is 7.90. The first-order valence-corrected chi connectivity index (χ1v) is 10.6. The van der Waals surface area contributed by atoms with Crippen LogP contribution < -0.4 is 5.32 Å². The normalized spacial score (nSPS) is 13.2. The minimum Gasteiger partial charge on any atom is -0.480 e. The smallest absolute Gasteiger partial charge is 0.407 e. The monoisotopic (exact) mass is 439 g/mol. The van der Waals surface area contributed by atoms with Crippen LogP contribution in [0.15, 0.2) is 79.1 Å². The lowest BCUT2D eigenvalue weighted by Gasteiger charge is -2.17. The number of hydrogen-bond donors (Lipinski definition) is 2. The Kier molecular flexibility index (Phi) is 5.44. The first kappa shape index (κ1) is 20.6. The molecule has 4 aromatic rings. The highest BCUT2D eigenvalue weighted by Gasteiger charge is 2.30. The Bertz CT molecular complexity index is 1300. The molecule has 164 valence electrons. The van der Waals surface area contributed by atoms with Crippen molar-refractivity contribution in [1.82, 2.24) is 15.3 Å². The second kappa shape index (κ2) is 8.70. The van der Waals surface area contributed by atoms with E-state index >= 15 is 0 Å². The summed E-state index contributed by atoms with van der Waals surface area (Å²) in [7, 11) is 0. The predicted molar refractivity (Wildman–Crippen MR) is 123 cm³/mol. The molecule has 33 heavy (non-hydrogen) atoms. The minimum atomic E-state index is -1.18. The van der Waals surface area contributed by atoms with E-state index in [9.17, 15) is 14.7 Å². The molecule has 0 saturated heterocycles. The minimum absolute atomic E-state index is 0.0164. The molecule has 0 fully saturated rings. The van der Waals surface area contributed by atoms with Crippen LogP contribution in [-0.4, -0.2) is 39.8 Å². The van der Waals surface area contributed by atoms with Gasteiger partial charge in [-0.1, -0.05) is 66.7 Å². The van der Waals surface area contributed by atoms with Crippen LogP contribution in [0.1, 0.15) is 22.7 Å². The number of aliphatic carboxylic acids is 1. The molecule has 1 aliphatic carbocycles. The second-order valence-electron chi connectivity index (χ2n) is 7.90. The third-order valence-electron chi connectivity index (χ3n) is 5.96. The third-order valence-corrected chi connectivity index (χ3v) is 5.96. The number of amides is 1. The van der Waals surface area contributed by atoms with Gasteiger partial charge in [0.1, 0.15) is 19.0 Å². The van der Waals surface area contributed by atoms with E-state index in [2.05, 4.69) is 27.4 Å². The van der Waals surface area contributed by atoms with Crippen LogP contribution >= 0.6 is 0 Å². The quantitative estimate of drug-likeness (QED) is 0.468. The Labute approximate surface area is 190 Å². The van der Waals surface area contributed by atoms with Gasteiger partial charge >= 0.3 is 12.1 Å². The maximum Gasteiger partial charge on any atom is 0.407 e. The van der Waals surface area contributed by atoms with E-state index < -0.39 is 18.1 Å². The summed E-state index contributed by atoms with van der Waals surface area (Å²) >= 11 is 0. The molecule has 2 N–H and O–H groups in total. The Hall–Kier alpha value is -4.26. The average Bonchev–Trinajstić information content (AvgIpc) is 3.16. The van der Waals surface area contributed by atoms with Crippen LogP contribution in [0, 0.1) is 0 Å². The van der Waals surface area contributed by atoms with Crippen molar-refractivity contribution in [3.8, 4) is 11.1 Å². The average molecular weight is 439 g/mol. The van der Waals surface area contributed by atoms with E-state index in [0.717, 1.165) is 27.6 Å². The number of carbonyl (C=O) groups excluding carboxylic acids is 1. The number of hydrogen-bond acceptors (Lipinski definition) is 5. The van der Waals surface area contributed by atoms with E-state index in [1.54, 1.807) is 0 Å². The number of aromatic nitrogens is 2. The molecular formula is C26H21N3O4. The van der Waals surface area contributed by atoms with Crippen LogP contribution in [0.4, 0.5) is 4.79 Å². The lowest BCUT2D eigenvalue weighted by Crippen LogP contribution is -2.43. The maximum absolute atomic E-state index is 12.6. The van der Waals surface area contributed by atoms with Gasteiger partial charge in [-0.25, -0.2) is 19.6 Å². The van der Waals surface area contributed by atoms with Crippen molar-refractivity contribution in [2.24, 2.45) is 0 Å². The fourth-order valence-corrected chi connectivity index (χ4v) is 4.40. The van der Waals surface area contributed by atoms with Gasteiger partial charge in [0, 0.05) is 17.7 Å². The zero-order valence-electron chi connectivity index (χ0n) is 17.6. The van der Waals surface area contributed by atoms with E-state index in [1.165, 1.54) is 6.33 Å². The number of fused-ring (bicyclic) bond motifs is 4. The Morgan fingerprint density at radius 1 is 0.909 bits per heavy atom. The summed E-state index contributed by atoms with van der Waals surface area (Å²) < 4.78 is 5.50. The summed E-state index contributed by atoms with van der Waals surface area (Å²) in [6, 6.07) is 22.2. The van der Waals surface area contributed by atoms with E-state index in [1.807, 2.05) is 60.7 Å². The first-order valence-electron chi connectivity index (χ1n) is 10.6. The molecule has 7 nitrogen and oxygen atoms in total. The van der Waals surface area contributed by atoms with E-state index in [0.29, 0.717) is 11.2 Å². The van der Waals surface area contributed by atoms with Gasteiger partial charge in [-0.15, -0.1) is 0 Å². The molecule has 1 atom stereocenters. The number of carboxylic acids is 1. The van der Waals surface area contributed by atoms with Gasteiger partial charge in [0.2, 0.25) is 0 Å². The number of carbonyl (C=O) groups is 2. The molecule has 0 saturated carbocycles. The van der Waals surface area contributed by atoms with Crippen molar-refractivity contribution < 1.29 is 19.4 Å². The topological polar surface area (TPSA) is 101 Å². The Morgan fingerprint density at radius 2 is 1.55 bits per heavy atom. The molecule has 1 heterocycles. The van der Waals surface area contributed by atoms with Crippen molar-refractivity contribution >= 4 is 23.0 Å². The van der Waals surface area contributed by atoms with Gasteiger partial charge in [-0.3, -0.25) is 0 Å². The largest absolute Gasteiger partial charge is 0.480 e. The molecule has 0 bridgehead atoms. The number of benzene rings is 3. The number of rotatable bonds is 6. The van der Waals surface area contributed by atoms with Crippen molar-refractivity contribution in [1.29, 1.82) is 0 Å². The molecule has 0 radical (unpaired) electrons. The summed E-state index contributed by atoms with van der Waals surface area (Å²) in [5, 5.41) is 12.9. The van der Waals surface area contributed by atoms with Gasteiger partial charge in [0.05, 0.1) is 11.2 Å². The summed E-state index contributed by atoms with van der Waals surface area (Å²) in [6.07, 6.45) is 0.634. The molecule has 3 aromatic carbocycles. The SMILES string of the molecule is O=C(N[C@@H](Cc1ncnc2ccccc12)C(=O)O)OCC1c2ccccc2-c2ccccc21. The molecular weight excluding hydrogens is 418 g/mol. The fraction of sp³-hybridized carbons (Fsp3) is 0.154. The van der Waals surface area contributed by atoms with Crippen LogP contribution in [0.5, 0.6) is 0 Å². The zero-order chi connectivity index (χ0) is 22.8. The standard InChI is InChI=1S/C26H21N3O4/c30-25(31)24(13-23-20-11-5-6-12-22(20)27-15-28-23)29-26(32)33-14-21-18-9-3-1-7-16(18)17-8-2-4-10-19(17)21/h1-12,15,21,24H,13-14H2,(H,29,32)(H,30,31)/t24-/m0/s1. The molecule has 1 aromatic heterocycles. The number of nitrogens with one attached hydrogen (secondary N) is 1. The summed E-state index contributed by atoms with van der Waals surface area (Å²) in [6.45, 7) is 0.114. The number of carboxylic acid groups (broad SMARTS) is 1. The molecule has 1 aliphatic rings. The first-order chi connectivity index (χ1) is 16.1. The van der Waals surface area contributed by atoms with Crippen molar-refractivity contribution in [3.63, 3.8) is 0 Å². The Morgan fingerprint density at radius 3 is 2.24 bits per heavy atom. The summed E-state index contributed by atoms with van der Waals surface area (Å²) in [4.78, 5) is 32.8. The highest BCUT2D eigenvalue weighted by atomic mass is 16.5. The van der Waals surface area contributed by atoms with Gasteiger partial charge < -0.3 is 15.2 Å². The summed E-state index contributed by atoms with van der Waals surface area (Å²) in [5.74, 6) is -1.26. The molecule has 5 rings (SSSR count). The lowest BCUT2D eigenvalue weighted by molar-refractivity contribution is -0.139. The van der Waals surface area contributed by atoms with E-state index in [4.69, 9.17) is 4.74 Å². The van der Waals surface area contributed by atoms with Gasteiger partial charge in [0.15, 0.2) is 0 Å². The molecule has 0 unspecified atom stereocenters. The molecule has 1 amide bonds. The van der Waals surface area contributed by atoms with Crippen LogP contribution in [0.25, 0.3) is 22.0 Å². The molecule has 7 heteroatoms. The van der Waals surface area contributed by atoms with Crippen LogP contribution in [0.2, 0.25) is 0 Å². The van der Waals surface area contributed by atoms with Crippen molar-refractivity contribution in [2.45, 2.75) is 18.4 Å². The Balaban J connectivity index is 1.29. The number of alkyl carbamates (subject to hydrolysis) is 1. The highest BCUT2D eigenvalue weighted by Crippen LogP contribution is 2.44. The fourth-order valence-electron chi connectivity index (χ4n) is 4.40.